The Morgan fingerprint density at radius 2 is 1.96 bits per heavy atom. The number of carbonyl (C=O) groups is 1. The predicted octanol–water partition coefficient (Wildman–Crippen LogP) is 4.82. The van der Waals surface area contributed by atoms with Gasteiger partial charge in [-0.3, -0.25) is 9.11 Å². The summed E-state index contributed by atoms with van der Waals surface area (Å²) in [7, 11) is -2.99. The summed E-state index contributed by atoms with van der Waals surface area (Å²) in [5.74, 6) is -0.284. The van der Waals surface area contributed by atoms with Crippen LogP contribution in [0.2, 0.25) is 0 Å². The summed E-state index contributed by atoms with van der Waals surface area (Å²) in [6, 6.07) is 15.0. The smallest absolute Gasteiger partial charge is 0.340 e. The fourth-order valence-corrected chi connectivity index (χ4v) is 6.43. The second-order valence-corrected chi connectivity index (χ2v) is 8.55. The highest BCUT2D eigenvalue weighted by molar-refractivity contribution is 8.25. The van der Waals surface area contributed by atoms with E-state index in [4.69, 9.17) is 4.74 Å². The Bertz CT molecular complexity index is 716. The van der Waals surface area contributed by atoms with Gasteiger partial charge in [-0.15, -0.1) is 11.8 Å². The van der Waals surface area contributed by atoms with E-state index in [1.807, 2.05) is 36.4 Å². The first-order chi connectivity index (χ1) is 11.0. The largest absolute Gasteiger partial charge is 0.462 e. The van der Waals surface area contributed by atoms with Crippen LogP contribution in [0, 0.1) is 0 Å². The minimum Gasteiger partial charge on any atom is -0.462 e. The summed E-state index contributed by atoms with van der Waals surface area (Å²) in [6.45, 7) is 1.98. The van der Waals surface area contributed by atoms with Crippen molar-refractivity contribution in [3.8, 4) is 0 Å². The zero-order chi connectivity index (χ0) is 16.4. The lowest BCUT2D eigenvalue weighted by molar-refractivity contribution is 0.0521. The summed E-state index contributed by atoms with van der Waals surface area (Å²) in [5.41, 5.74) is 1.07. The number of hydrogen-bond donors (Lipinski definition) is 2. The summed E-state index contributed by atoms with van der Waals surface area (Å²) in [6.07, 6.45) is 0. The van der Waals surface area contributed by atoms with E-state index in [1.54, 1.807) is 30.8 Å². The molecule has 23 heavy (non-hydrogen) atoms. The maximum absolute atomic E-state index is 12.1. The van der Waals surface area contributed by atoms with Crippen LogP contribution in [-0.2, 0) is 4.74 Å². The van der Waals surface area contributed by atoms with E-state index in [0.717, 1.165) is 10.5 Å². The first kappa shape index (κ1) is 16.4. The molecule has 2 aromatic rings. The Hall–Kier alpha value is -1.47. The molecule has 2 aromatic carbocycles. The van der Waals surface area contributed by atoms with Crippen molar-refractivity contribution in [1.82, 2.24) is 0 Å². The zero-order valence-electron chi connectivity index (χ0n) is 12.6. The number of rotatable bonds is 4. The van der Waals surface area contributed by atoms with Gasteiger partial charge in [-0.1, -0.05) is 30.3 Å². The molecule has 0 fully saturated rings. The summed E-state index contributed by atoms with van der Waals surface area (Å²) in [4.78, 5) is 13.5. The molecule has 0 spiro atoms. The van der Waals surface area contributed by atoms with E-state index in [-0.39, 0.29) is 23.2 Å². The van der Waals surface area contributed by atoms with Crippen molar-refractivity contribution in [2.24, 2.45) is 0 Å². The van der Waals surface area contributed by atoms with E-state index >= 15 is 0 Å². The van der Waals surface area contributed by atoms with Gasteiger partial charge in [0.25, 0.3) is 0 Å². The molecule has 0 radical (unpaired) electrons. The Morgan fingerprint density at radius 1 is 1.22 bits per heavy atom. The lowest BCUT2D eigenvalue weighted by Gasteiger charge is -2.29. The molecule has 0 aromatic heterocycles. The van der Waals surface area contributed by atoms with Crippen LogP contribution in [0.4, 0.5) is 0 Å². The molecule has 2 N–H and O–H groups in total. The quantitative estimate of drug-likeness (QED) is 0.774. The molecule has 0 bridgehead atoms. The molecule has 0 saturated carbocycles. The van der Waals surface area contributed by atoms with Gasteiger partial charge in [0.15, 0.2) is 0 Å². The van der Waals surface area contributed by atoms with Gasteiger partial charge >= 0.3 is 5.97 Å². The number of benzene rings is 2. The molecule has 0 aliphatic carbocycles. The number of carbonyl (C=O) groups excluding carboxylic acids is 1. The van der Waals surface area contributed by atoms with Gasteiger partial charge < -0.3 is 4.74 Å². The van der Waals surface area contributed by atoms with Gasteiger partial charge in [-0.25, -0.2) is 4.79 Å². The van der Waals surface area contributed by atoms with Gasteiger partial charge in [0.05, 0.1) is 28.1 Å². The summed E-state index contributed by atoms with van der Waals surface area (Å²) < 4.78 is 26.1. The molecule has 122 valence electrons. The molecular weight excluding hydrogens is 332 g/mol. The van der Waals surface area contributed by atoms with Crippen molar-refractivity contribution in [1.29, 1.82) is 0 Å². The fourth-order valence-electron chi connectivity index (χ4n) is 2.69. The highest BCUT2D eigenvalue weighted by atomic mass is 32.3. The highest BCUT2D eigenvalue weighted by Crippen LogP contribution is 2.63. The lowest BCUT2D eigenvalue weighted by Crippen LogP contribution is -2.09. The van der Waals surface area contributed by atoms with E-state index < -0.39 is 16.6 Å². The molecule has 1 heterocycles. The minimum absolute atomic E-state index is 0.0909. The van der Waals surface area contributed by atoms with Crippen LogP contribution < -0.4 is 0 Å². The SMILES string of the molecule is CCOC(=O)c1cccc2c1S(O)(O)CC2Sc1ccccc1. The molecule has 6 heteroatoms. The minimum atomic E-state index is -2.99. The lowest BCUT2D eigenvalue weighted by atomic mass is 10.1. The molecule has 1 atom stereocenters. The fraction of sp³-hybridized carbons (Fsp3) is 0.235. The van der Waals surface area contributed by atoms with Crippen LogP contribution in [0.25, 0.3) is 0 Å². The first-order valence-electron chi connectivity index (χ1n) is 7.30. The Labute approximate surface area is 141 Å². The number of esters is 1. The van der Waals surface area contributed by atoms with Crippen molar-refractivity contribution >= 4 is 28.3 Å². The van der Waals surface area contributed by atoms with Crippen LogP contribution in [0.1, 0.15) is 28.1 Å². The van der Waals surface area contributed by atoms with E-state index in [9.17, 15) is 13.9 Å². The summed E-state index contributed by atoms with van der Waals surface area (Å²) in [5, 5.41) is -0.0909. The maximum atomic E-state index is 12.1. The molecule has 3 rings (SSSR count). The normalized spacial score (nSPS) is 19.9. The van der Waals surface area contributed by atoms with Crippen LogP contribution >= 0.6 is 22.4 Å². The Morgan fingerprint density at radius 3 is 2.65 bits per heavy atom. The predicted molar refractivity (Wildman–Crippen MR) is 93.4 cm³/mol. The monoisotopic (exact) mass is 350 g/mol. The number of fused-ring (bicyclic) bond motifs is 1. The van der Waals surface area contributed by atoms with Gasteiger partial charge in [0.2, 0.25) is 0 Å². The summed E-state index contributed by atoms with van der Waals surface area (Å²) >= 11 is 1.58. The van der Waals surface area contributed by atoms with Gasteiger partial charge in [0, 0.05) is 4.90 Å². The van der Waals surface area contributed by atoms with Gasteiger partial charge in [-0.2, -0.15) is 10.6 Å². The average molecular weight is 350 g/mol. The third-order valence-corrected chi connectivity index (χ3v) is 6.99. The van der Waals surface area contributed by atoms with Crippen molar-refractivity contribution in [2.75, 3.05) is 12.4 Å². The van der Waals surface area contributed by atoms with Crippen molar-refractivity contribution < 1.29 is 18.6 Å². The molecule has 1 aliphatic rings. The topological polar surface area (TPSA) is 66.8 Å². The molecule has 0 saturated heterocycles. The van der Waals surface area contributed by atoms with Crippen LogP contribution in [-0.4, -0.2) is 27.4 Å². The molecular formula is C17H18O4S2. The van der Waals surface area contributed by atoms with E-state index in [1.165, 1.54) is 0 Å². The van der Waals surface area contributed by atoms with E-state index in [0.29, 0.717) is 4.90 Å². The third kappa shape index (κ3) is 3.26. The maximum Gasteiger partial charge on any atom is 0.340 e. The molecule has 1 unspecified atom stereocenters. The second kappa shape index (κ2) is 6.57. The number of ether oxygens (including phenoxy) is 1. The number of thioether (sulfide) groups is 1. The van der Waals surface area contributed by atoms with Crippen molar-refractivity contribution in [2.45, 2.75) is 22.0 Å². The van der Waals surface area contributed by atoms with E-state index in [2.05, 4.69) is 0 Å². The Kier molecular flexibility index (Phi) is 4.68. The molecule has 0 amide bonds. The highest BCUT2D eigenvalue weighted by Gasteiger charge is 2.39. The van der Waals surface area contributed by atoms with Gasteiger partial charge in [0.1, 0.15) is 0 Å². The average Bonchev–Trinajstić information content (AvgIpc) is 2.79. The van der Waals surface area contributed by atoms with Crippen LogP contribution in [0.3, 0.4) is 0 Å². The van der Waals surface area contributed by atoms with Crippen LogP contribution in [0.15, 0.2) is 58.3 Å². The third-order valence-electron chi connectivity index (χ3n) is 3.62. The van der Waals surface area contributed by atoms with Crippen LogP contribution in [0.5, 0.6) is 0 Å². The first-order valence-corrected chi connectivity index (χ1v) is 9.90. The van der Waals surface area contributed by atoms with Crippen molar-refractivity contribution in [3.05, 3.63) is 59.7 Å². The Balaban J connectivity index is 1.99. The second-order valence-electron chi connectivity index (χ2n) is 5.20. The van der Waals surface area contributed by atoms with Gasteiger partial charge in [-0.05, 0) is 30.7 Å². The zero-order valence-corrected chi connectivity index (χ0v) is 14.3. The molecule has 1 aliphatic heterocycles. The number of hydrogen-bond acceptors (Lipinski definition) is 5. The van der Waals surface area contributed by atoms with Crippen molar-refractivity contribution in [3.63, 3.8) is 0 Å². The molecule has 4 nitrogen and oxygen atoms in total. The standard InChI is InChI=1S/C17H18O4S2/c1-2-21-17(18)14-10-6-9-13-15(11-23(19,20)16(13)14)22-12-7-4-3-5-8-12/h3-10,15,19-20H,2,11H2,1H3.